The van der Waals surface area contributed by atoms with Crippen molar-refractivity contribution >= 4 is 11.8 Å². The Morgan fingerprint density at radius 2 is 1.96 bits per heavy atom. The largest absolute Gasteiger partial charge is 0.348 e. The molecular weight excluding hydrogens is 320 g/mol. The fourth-order valence-corrected chi connectivity index (χ4v) is 2.92. The first-order chi connectivity index (χ1) is 12.1. The van der Waals surface area contributed by atoms with Gasteiger partial charge in [0.2, 0.25) is 0 Å². The normalized spacial score (nSPS) is 16.9. The zero-order chi connectivity index (χ0) is 17.4. The van der Waals surface area contributed by atoms with E-state index in [0.29, 0.717) is 42.8 Å². The van der Waals surface area contributed by atoms with Crippen molar-refractivity contribution < 1.29 is 9.59 Å². The number of amides is 2. The lowest BCUT2D eigenvalue weighted by Crippen LogP contribution is -2.31. The van der Waals surface area contributed by atoms with Crippen LogP contribution in [0.4, 0.5) is 0 Å². The third-order valence-corrected chi connectivity index (χ3v) is 4.47. The van der Waals surface area contributed by atoms with Crippen molar-refractivity contribution in [1.29, 1.82) is 0 Å². The van der Waals surface area contributed by atoms with Crippen molar-refractivity contribution in [2.45, 2.75) is 45.3 Å². The lowest BCUT2D eigenvalue weighted by Gasteiger charge is -2.19. The van der Waals surface area contributed by atoms with Crippen molar-refractivity contribution in [1.82, 2.24) is 30.0 Å². The highest BCUT2D eigenvalue weighted by molar-refractivity contribution is 5.94. The van der Waals surface area contributed by atoms with Crippen LogP contribution in [-0.4, -0.2) is 49.0 Å². The van der Waals surface area contributed by atoms with Gasteiger partial charge in [0.1, 0.15) is 5.82 Å². The maximum atomic E-state index is 12.7. The van der Waals surface area contributed by atoms with E-state index in [0.717, 1.165) is 25.0 Å². The van der Waals surface area contributed by atoms with Crippen LogP contribution >= 0.6 is 0 Å². The first-order valence-electron chi connectivity index (χ1n) is 8.55. The highest BCUT2D eigenvalue weighted by Crippen LogP contribution is 2.20. The number of hydrogen-bond donors (Lipinski definition) is 1. The number of carbonyl (C=O) groups is 2. The third kappa shape index (κ3) is 3.38. The molecule has 3 heterocycles. The molecule has 1 aliphatic carbocycles. The summed E-state index contributed by atoms with van der Waals surface area (Å²) in [6.07, 6.45) is 5.99. The molecule has 2 aromatic rings. The number of hydrogen-bond acceptors (Lipinski definition) is 5. The van der Waals surface area contributed by atoms with Crippen LogP contribution in [0.15, 0.2) is 18.5 Å². The zero-order valence-corrected chi connectivity index (χ0v) is 14.1. The lowest BCUT2D eigenvalue weighted by molar-refractivity contribution is 0.0744. The van der Waals surface area contributed by atoms with Crippen LogP contribution in [0.2, 0.25) is 0 Å². The molecule has 25 heavy (non-hydrogen) atoms. The minimum atomic E-state index is -0.132. The summed E-state index contributed by atoms with van der Waals surface area (Å²) >= 11 is 0. The molecule has 0 radical (unpaired) electrons. The van der Waals surface area contributed by atoms with Gasteiger partial charge in [0.25, 0.3) is 11.8 Å². The Labute approximate surface area is 145 Å². The van der Waals surface area contributed by atoms with Crippen molar-refractivity contribution in [3.8, 4) is 0 Å². The molecule has 0 bridgehead atoms. The van der Waals surface area contributed by atoms with E-state index in [9.17, 15) is 9.59 Å². The van der Waals surface area contributed by atoms with Crippen molar-refractivity contribution in [3.63, 3.8) is 0 Å². The van der Waals surface area contributed by atoms with Gasteiger partial charge >= 0.3 is 0 Å². The molecule has 0 unspecified atom stereocenters. The lowest BCUT2D eigenvalue weighted by atomic mass is 10.2. The summed E-state index contributed by atoms with van der Waals surface area (Å²) in [7, 11) is 0. The SMILES string of the molecule is Cc1ncc(C(=O)N2CCCn3nc(C(=O)NC4CC4)cc3C2)cn1. The first-order valence-corrected chi connectivity index (χ1v) is 8.55. The van der Waals surface area contributed by atoms with E-state index in [1.807, 2.05) is 4.68 Å². The molecular formula is C17H20N6O2. The number of carbonyl (C=O) groups excluding carboxylic acids is 2. The Hall–Kier alpha value is -2.77. The average Bonchev–Trinajstić information content (AvgIpc) is 3.37. The molecule has 130 valence electrons. The van der Waals surface area contributed by atoms with Gasteiger partial charge in [0.05, 0.1) is 17.8 Å². The Bertz CT molecular complexity index is 809. The zero-order valence-electron chi connectivity index (χ0n) is 14.1. The van der Waals surface area contributed by atoms with Gasteiger partial charge in [0, 0.05) is 31.5 Å². The van der Waals surface area contributed by atoms with Crippen LogP contribution in [0.25, 0.3) is 0 Å². The van der Waals surface area contributed by atoms with E-state index in [2.05, 4.69) is 20.4 Å². The van der Waals surface area contributed by atoms with Crippen LogP contribution in [0, 0.1) is 6.92 Å². The Morgan fingerprint density at radius 3 is 2.68 bits per heavy atom. The van der Waals surface area contributed by atoms with E-state index in [-0.39, 0.29) is 11.8 Å². The molecule has 0 atom stereocenters. The van der Waals surface area contributed by atoms with Gasteiger partial charge in [-0.15, -0.1) is 0 Å². The van der Waals surface area contributed by atoms with Gasteiger partial charge in [-0.2, -0.15) is 5.10 Å². The molecule has 1 N–H and O–H groups in total. The Morgan fingerprint density at radius 1 is 1.20 bits per heavy atom. The van der Waals surface area contributed by atoms with E-state index < -0.39 is 0 Å². The monoisotopic (exact) mass is 340 g/mol. The number of nitrogens with one attached hydrogen (secondary N) is 1. The summed E-state index contributed by atoms with van der Waals surface area (Å²) in [5.41, 5.74) is 1.78. The second-order valence-electron chi connectivity index (χ2n) is 6.59. The van der Waals surface area contributed by atoms with Crippen LogP contribution < -0.4 is 5.32 Å². The minimum Gasteiger partial charge on any atom is -0.348 e. The van der Waals surface area contributed by atoms with Gasteiger partial charge in [-0.05, 0) is 32.3 Å². The van der Waals surface area contributed by atoms with Crippen molar-refractivity contribution in [3.05, 3.63) is 41.2 Å². The molecule has 4 rings (SSSR count). The Balaban J connectivity index is 1.51. The number of aryl methyl sites for hydroxylation is 2. The molecule has 1 saturated carbocycles. The highest BCUT2D eigenvalue weighted by Gasteiger charge is 2.27. The standard InChI is InChI=1S/C17H20N6O2/c1-11-18-8-12(9-19-11)17(25)22-5-2-6-23-14(10-22)7-15(21-23)16(24)20-13-3-4-13/h7-9,13H,2-6,10H2,1H3,(H,20,24). The molecule has 2 aromatic heterocycles. The van der Waals surface area contributed by atoms with Crippen molar-refractivity contribution in [2.75, 3.05) is 6.54 Å². The Kier molecular flexibility index (Phi) is 3.95. The minimum absolute atomic E-state index is 0.0985. The summed E-state index contributed by atoms with van der Waals surface area (Å²) in [5.74, 6) is 0.406. The predicted octanol–water partition coefficient (Wildman–Crippen LogP) is 0.920. The van der Waals surface area contributed by atoms with Crippen LogP contribution in [-0.2, 0) is 13.1 Å². The smallest absolute Gasteiger partial charge is 0.272 e. The van der Waals surface area contributed by atoms with Crippen LogP contribution in [0.1, 0.15) is 51.6 Å². The maximum absolute atomic E-state index is 12.7. The third-order valence-electron chi connectivity index (χ3n) is 4.47. The van der Waals surface area contributed by atoms with Crippen LogP contribution in [0.3, 0.4) is 0 Å². The number of fused-ring (bicyclic) bond motifs is 1. The quantitative estimate of drug-likeness (QED) is 0.897. The summed E-state index contributed by atoms with van der Waals surface area (Å²) < 4.78 is 1.83. The second kappa shape index (κ2) is 6.27. The summed E-state index contributed by atoms with van der Waals surface area (Å²) in [5, 5.41) is 7.36. The molecule has 0 aromatic carbocycles. The molecule has 1 aliphatic heterocycles. The average molecular weight is 340 g/mol. The predicted molar refractivity (Wildman–Crippen MR) is 88.8 cm³/mol. The number of nitrogens with zero attached hydrogens (tertiary/aromatic N) is 5. The first kappa shape index (κ1) is 15.7. The molecule has 2 aliphatic rings. The molecule has 8 nitrogen and oxygen atoms in total. The fraction of sp³-hybridized carbons (Fsp3) is 0.471. The van der Waals surface area contributed by atoms with E-state index in [4.69, 9.17) is 0 Å². The van der Waals surface area contributed by atoms with Gasteiger partial charge in [-0.25, -0.2) is 9.97 Å². The van der Waals surface area contributed by atoms with Gasteiger partial charge in [0.15, 0.2) is 5.69 Å². The summed E-state index contributed by atoms with van der Waals surface area (Å²) in [4.78, 5) is 34.8. The molecule has 2 amide bonds. The van der Waals surface area contributed by atoms with Crippen LogP contribution in [0.5, 0.6) is 0 Å². The summed E-state index contributed by atoms with van der Waals surface area (Å²) in [6.45, 7) is 3.54. The van der Waals surface area contributed by atoms with E-state index in [1.54, 1.807) is 30.3 Å². The topological polar surface area (TPSA) is 93.0 Å². The van der Waals surface area contributed by atoms with Gasteiger partial charge in [-0.1, -0.05) is 0 Å². The highest BCUT2D eigenvalue weighted by atomic mass is 16.2. The molecule has 1 fully saturated rings. The van der Waals surface area contributed by atoms with Gasteiger partial charge in [-0.3, -0.25) is 14.3 Å². The molecule has 8 heteroatoms. The fourth-order valence-electron chi connectivity index (χ4n) is 2.92. The summed E-state index contributed by atoms with van der Waals surface area (Å²) in [6, 6.07) is 2.09. The maximum Gasteiger partial charge on any atom is 0.272 e. The van der Waals surface area contributed by atoms with Crippen molar-refractivity contribution in [2.24, 2.45) is 0 Å². The van der Waals surface area contributed by atoms with Gasteiger partial charge < -0.3 is 10.2 Å². The molecule has 0 spiro atoms. The van der Waals surface area contributed by atoms with E-state index >= 15 is 0 Å². The molecule has 0 saturated heterocycles. The number of rotatable bonds is 3. The van der Waals surface area contributed by atoms with E-state index in [1.165, 1.54) is 0 Å². The number of aromatic nitrogens is 4. The second-order valence-corrected chi connectivity index (χ2v) is 6.59.